The Balaban J connectivity index is 1.73. The molecule has 0 fully saturated rings. The lowest BCUT2D eigenvalue weighted by molar-refractivity contribution is -0.772. The third-order valence-electron chi connectivity index (χ3n) is 5.54. The van der Waals surface area contributed by atoms with E-state index < -0.39 is 5.63 Å². The molecular formula is C21H30N3O5S2+. The van der Waals surface area contributed by atoms with Gasteiger partial charge < -0.3 is 10.1 Å². The van der Waals surface area contributed by atoms with Gasteiger partial charge in [-0.05, 0) is 60.1 Å². The lowest BCUT2D eigenvalue weighted by Crippen LogP contribution is -2.33. The Morgan fingerprint density at radius 2 is 2.13 bits per heavy atom. The molecule has 2 aromatic rings. The highest BCUT2D eigenvalue weighted by Gasteiger charge is 2.34. The van der Waals surface area contributed by atoms with Crippen LogP contribution in [-0.2, 0) is 29.4 Å². The average Bonchev–Trinajstić information content (AvgIpc) is 3.20. The molecule has 1 amide bonds. The molecule has 0 saturated carbocycles. The van der Waals surface area contributed by atoms with E-state index in [0.717, 1.165) is 29.7 Å². The third kappa shape index (κ3) is 5.41. The third-order valence-corrected chi connectivity index (χ3v) is 7.84. The molecular weight excluding hydrogens is 438 g/mol. The molecule has 170 valence electrons. The van der Waals surface area contributed by atoms with Gasteiger partial charge in [-0.15, -0.1) is 11.3 Å². The fraction of sp³-hybridized carbons (Fsp3) is 0.619. The van der Waals surface area contributed by atoms with Crippen molar-refractivity contribution in [3.8, 4) is 0 Å². The van der Waals surface area contributed by atoms with Crippen LogP contribution in [0.4, 0.5) is 5.00 Å². The average molecular weight is 469 g/mol. The van der Waals surface area contributed by atoms with Crippen molar-refractivity contribution >= 4 is 40.0 Å². The summed E-state index contributed by atoms with van der Waals surface area (Å²) in [5.41, 5.74) is 1.25. The van der Waals surface area contributed by atoms with Gasteiger partial charge in [0, 0.05) is 17.1 Å². The number of carbonyl (C=O) groups excluding carboxylic acids is 2. The Kier molecular flexibility index (Phi) is 7.31. The second-order valence-electron chi connectivity index (χ2n) is 8.73. The normalized spacial score (nSPS) is 16.1. The zero-order chi connectivity index (χ0) is 22.8. The molecule has 2 heterocycles. The van der Waals surface area contributed by atoms with Crippen molar-refractivity contribution in [2.45, 2.75) is 58.4 Å². The van der Waals surface area contributed by atoms with Crippen LogP contribution < -0.4 is 15.6 Å². The number of thioether (sulfide) groups is 1. The minimum Gasteiger partial charge on any atom is -0.462 e. The van der Waals surface area contributed by atoms with E-state index in [2.05, 4.69) is 31.4 Å². The summed E-state index contributed by atoms with van der Waals surface area (Å²) in [4.78, 5) is 38.0. The van der Waals surface area contributed by atoms with Crippen molar-refractivity contribution in [3.63, 3.8) is 0 Å². The maximum absolute atomic E-state index is 12.7. The Hall–Kier alpha value is -2.07. The van der Waals surface area contributed by atoms with Crippen LogP contribution in [0.1, 0.15) is 61.3 Å². The van der Waals surface area contributed by atoms with Crippen molar-refractivity contribution in [1.82, 2.24) is 5.27 Å². The topological polar surface area (TPSA) is 105 Å². The Bertz CT molecular complexity index is 1020. The highest BCUT2D eigenvalue weighted by Crippen LogP contribution is 2.44. The first-order valence-corrected chi connectivity index (χ1v) is 12.2. The zero-order valence-electron chi connectivity index (χ0n) is 18.6. The second kappa shape index (κ2) is 9.60. The van der Waals surface area contributed by atoms with Gasteiger partial charge in [-0.2, -0.15) is 0 Å². The van der Waals surface area contributed by atoms with E-state index in [9.17, 15) is 14.4 Å². The number of carbonyl (C=O) groups is 2. The molecule has 2 N–H and O–H groups in total. The van der Waals surface area contributed by atoms with Crippen molar-refractivity contribution in [2.24, 2.45) is 18.4 Å². The fourth-order valence-electron chi connectivity index (χ4n) is 3.75. The highest BCUT2D eigenvalue weighted by molar-refractivity contribution is 7.99. The highest BCUT2D eigenvalue weighted by atomic mass is 32.2. The molecule has 0 aliphatic heterocycles. The van der Waals surface area contributed by atoms with Crippen LogP contribution in [0, 0.1) is 11.3 Å². The number of hydrogen-bond donors (Lipinski definition) is 2. The first-order valence-electron chi connectivity index (χ1n) is 10.4. The molecule has 0 bridgehead atoms. The molecule has 0 saturated heterocycles. The predicted molar refractivity (Wildman–Crippen MR) is 120 cm³/mol. The number of aromatic nitrogens is 2. The van der Waals surface area contributed by atoms with Crippen LogP contribution in [-0.4, -0.2) is 29.5 Å². The van der Waals surface area contributed by atoms with Crippen molar-refractivity contribution in [3.05, 3.63) is 26.4 Å². The molecule has 1 atom stereocenters. The standard InChI is InChI=1S/C21H29N3O5S2/c1-6-28-19(26)16-13-8-7-12(21(2,3)4)11-14(13)31-17(16)22-15(25)9-10-30-18-20(27)29-23-24(18)5/h12H,6-11H2,1-5H3,(H-,22,23,25,26,27)/p+1. The van der Waals surface area contributed by atoms with E-state index in [1.807, 2.05) is 0 Å². The van der Waals surface area contributed by atoms with Gasteiger partial charge in [0.05, 0.1) is 12.2 Å². The van der Waals surface area contributed by atoms with Gasteiger partial charge in [0.2, 0.25) is 5.91 Å². The molecule has 0 aromatic carbocycles. The molecule has 8 nitrogen and oxygen atoms in total. The number of thiophene rings is 1. The minimum atomic E-state index is -0.461. The zero-order valence-corrected chi connectivity index (χ0v) is 20.3. The fourth-order valence-corrected chi connectivity index (χ4v) is 5.95. The molecule has 2 aromatic heterocycles. The maximum Gasteiger partial charge on any atom is 0.441 e. The number of fused-ring (bicyclic) bond motifs is 1. The Morgan fingerprint density at radius 3 is 2.74 bits per heavy atom. The quantitative estimate of drug-likeness (QED) is 0.367. The molecule has 3 rings (SSSR count). The number of rotatable bonds is 7. The van der Waals surface area contributed by atoms with Crippen molar-refractivity contribution in [2.75, 3.05) is 17.7 Å². The van der Waals surface area contributed by atoms with Crippen LogP contribution in [0.25, 0.3) is 0 Å². The van der Waals surface area contributed by atoms with E-state index in [4.69, 9.17) is 9.26 Å². The van der Waals surface area contributed by atoms with E-state index in [1.165, 1.54) is 27.8 Å². The Labute approximate surface area is 189 Å². The summed E-state index contributed by atoms with van der Waals surface area (Å²) in [7, 11) is 1.67. The van der Waals surface area contributed by atoms with Crippen LogP contribution in [0.3, 0.4) is 0 Å². The summed E-state index contributed by atoms with van der Waals surface area (Å²) in [5, 5.41) is 6.34. The number of amides is 1. The maximum atomic E-state index is 12.7. The number of H-pyrrole nitrogens is 1. The number of aromatic amines is 1. The summed E-state index contributed by atoms with van der Waals surface area (Å²) in [6, 6.07) is 0. The van der Waals surface area contributed by atoms with Gasteiger partial charge in [0.25, 0.3) is 0 Å². The number of aryl methyl sites for hydroxylation is 1. The van der Waals surface area contributed by atoms with Gasteiger partial charge in [0.15, 0.2) is 7.05 Å². The van der Waals surface area contributed by atoms with Crippen LogP contribution in [0.5, 0.6) is 0 Å². The SMILES string of the molecule is CCOC(=O)c1c(NC(=O)CCSc2c(=O)o[nH][n+]2C)sc2c1CCC(C(C)(C)C)C2. The van der Waals surface area contributed by atoms with Crippen LogP contribution in [0.15, 0.2) is 14.3 Å². The van der Waals surface area contributed by atoms with Gasteiger partial charge in [0.1, 0.15) is 5.00 Å². The van der Waals surface area contributed by atoms with Crippen LogP contribution in [0.2, 0.25) is 0 Å². The number of ether oxygens (including phenoxy) is 1. The summed E-state index contributed by atoms with van der Waals surface area (Å²) >= 11 is 2.73. The largest absolute Gasteiger partial charge is 0.462 e. The van der Waals surface area contributed by atoms with E-state index in [0.29, 0.717) is 27.3 Å². The van der Waals surface area contributed by atoms with Gasteiger partial charge >= 0.3 is 16.6 Å². The van der Waals surface area contributed by atoms with Crippen molar-refractivity contribution in [1.29, 1.82) is 0 Å². The smallest absolute Gasteiger partial charge is 0.441 e. The van der Waals surface area contributed by atoms with Gasteiger partial charge in [-0.25, -0.2) is 9.59 Å². The first kappa shape index (κ1) is 23.6. The number of nitrogens with one attached hydrogen (secondary N) is 2. The number of hydrogen-bond acceptors (Lipinski definition) is 7. The minimum absolute atomic E-state index is 0.188. The monoisotopic (exact) mass is 468 g/mol. The summed E-state index contributed by atoms with van der Waals surface area (Å²) in [6.45, 7) is 8.80. The summed E-state index contributed by atoms with van der Waals surface area (Å²) in [5.74, 6) is 0.360. The molecule has 1 aliphatic rings. The number of anilines is 1. The predicted octanol–water partition coefficient (Wildman–Crippen LogP) is 3.30. The molecule has 1 aliphatic carbocycles. The molecule has 0 radical (unpaired) electrons. The lowest BCUT2D eigenvalue weighted by Gasteiger charge is -2.33. The Morgan fingerprint density at radius 1 is 1.39 bits per heavy atom. The van der Waals surface area contributed by atoms with E-state index in [1.54, 1.807) is 14.0 Å². The number of esters is 1. The van der Waals surface area contributed by atoms with Gasteiger partial charge in [-0.3, -0.25) is 9.32 Å². The molecule has 31 heavy (non-hydrogen) atoms. The van der Waals surface area contributed by atoms with Crippen LogP contribution >= 0.6 is 23.1 Å². The van der Waals surface area contributed by atoms with Gasteiger partial charge in [-0.1, -0.05) is 25.5 Å². The number of nitrogens with zero attached hydrogens (tertiary/aromatic N) is 1. The lowest BCUT2D eigenvalue weighted by atomic mass is 9.72. The second-order valence-corrected chi connectivity index (χ2v) is 10.9. The molecule has 10 heteroatoms. The molecule has 0 spiro atoms. The van der Waals surface area contributed by atoms with E-state index in [-0.39, 0.29) is 30.3 Å². The van der Waals surface area contributed by atoms with Crippen molar-refractivity contribution < 1.29 is 23.5 Å². The summed E-state index contributed by atoms with van der Waals surface area (Å²) < 4.78 is 11.5. The molecule has 1 unspecified atom stereocenters. The van der Waals surface area contributed by atoms with E-state index >= 15 is 0 Å². The summed E-state index contributed by atoms with van der Waals surface area (Å²) in [6.07, 6.45) is 2.93. The first-order chi connectivity index (χ1) is 14.6.